The number of hydrogen-bond donors (Lipinski definition) is 2. The van der Waals surface area contributed by atoms with Crippen molar-refractivity contribution < 1.29 is 13.6 Å². The Labute approximate surface area is 177 Å². The number of piperidine rings is 1. The van der Waals surface area contributed by atoms with Gasteiger partial charge in [0.05, 0.1) is 21.9 Å². The molecule has 1 spiro atoms. The van der Waals surface area contributed by atoms with Gasteiger partial charge in [0.2, 0.25) is 0 Å². The summed E-state index contributed by atoms with van der Waals surface area (Å²) in [6, 6.07) is 12.6. The highest BCUT2D eigenvalue weighted by Gasteiger charge is 2.42. The van der Waals surface area contributed by atoms with Gasteiger partial charge in [0.1, 0.15) is 11.6 Å². The number of anilines is 2. The van der Waals surface area contributed by atoms with Crippen molar-refractivity contribution in [3.05, 3.63) is 77.1 Å². The Bertz CT molecular complexity index is 1140. The smallest absolute Gasteiger partial charge is 0.321 e. The normalized spacial score (nSPS) is 16.6. The lowest BCUT2D eigenvalue weighted by atomic mass is 9.82. The Balaban J connectivity index is 1.34. The number of nitrogens with zero attached hydrogens (tertiary/aromatic N) is 2. The zero-order valence-corrected chi connectivity index (χ0v) is 16.7. The lowest BCUT2D eigenvalue weighted by Crippen LogP contribution is -2.51. The van der Waals surface area contributed by atoms with Crippen LogP contribution in [0.1, 0.15) is 18.5 Å². The molecule has 2 amide bonds. The fourth-order valence-corrected chi connectivity index (χ4v) is 4.55. The van der Waals surface area contributed by atoms with Gasteiger partial charge in [0, 0.05) is 30.7 Å². The molecule has 1 fully saturated rings. The van der Waals surface area contributed by atoms with Crippen molar-refractivity contribution in [1.29, 1.82) is 0 Å². The predicted octanol–water partition coefficient (Wildman–Crippen LogP) is 5.36. The molecule has 2 aliphatic heterocycles. The summed E-state index contributed by atoms with van der Waals surface area (Å²) in [4.78, 5) is 14.4. The topological polar surface area (TPSA) is 49.3 Å². The Kier molecular flexibility index (Phi) is 4.43. The first-order chi connectivity index (χ1) is 14.4. The van der Waals surface area contributed by atoms with E-state index in [1.165, 1.54) is 30.3 Å². The number of urea groups is 1. The van der Waals surface area contributed by atoms with E-state index in [2.05, 4.69) is 21.3 Å². The average Bonchev–Trinajstić information content (AvgIpc) is 3.22. The van der Waals surface area contributed by atoms with Crippen LogP contribution in [0.3, 0.4) is 0 Å². The lowest BCUT2D eigenvalue weighted by molar-refractivity contribution is 0.174. The number of likely N-dealkylation sites (tertiary alicyclic amines) is 1. The second-order valence-corrected chi connectivity index (χ2v) is 8.09. The lowest BCUT2D eigenvalue weighted by Gasteiger charge is -2.46. The highest BCUT2D eigenvalue weighted by molar-refractivity contribution is 6.31. The van der Waals surface area contributed by atoms with E-state index in [0.29, 0.717) is 31.6 Å². The fourth-order valence-electron chi connectivity index (χ4n) is 4.37. The number of halogens is 3. The molecule has 0 saturated carbocycles. The number of fused-ring (bicyclic) bond motifs is 4. The van der Waals surface area contributed by atoms with Crippen molar-refractivity contribution in [3.8, 4) is 5.69 Å². The highest BCUT2D eigenvalue weighted by atomic mass is 35.5. The Morgan fingerprint density at radius 1 is 1.10 bits per heavy atom. The van der Waals surface area contributed by atoms with Crippen LogP contribution in [0.4, 0.5) is 25.0 Å². The maximum Gasteiger partial charge on any atom is 0.321 e. The Morgan fingerprint density at radius 2 is 1.90 bits per heavy atom. The monoisotopic (exact) mass is 428 g/mol. The van der Waals surface area contributed by atoms with Crippen LogP contribution in [0, 0.1) is 11.6 Å². The van der Waals surface area contributed by atoms with Crippen molar-refractivity contribution in [2.75, 3.05) is 23.7 Å². The highest BCUT2D eigenvalue weighted by Crippen LogP contribution is 2.43. The molecule has 2 aromatic carbocycles. The van der Waals surface area contributed by atoms with Crippen LogP contribution in [0.2, 0.25) is 5.02 Å². The molecule has 0 atom stereocenters. The van der Waals surface area contributed by atoms with Crippen LogP contribution in [0.15, 0.2) is 54.7 Å². The molecule has 5 nitrogen and oxygen atoms in total. The van der Waals surface area contributed by atoms with E-state index >= 15 is 0 Å². The van der Waals surface area contributed by atoms with Crippen LogP contribution in [-0.2, 0) is 5.54 Å². The minimum absolute atomic E-state index is 0.0385. The van der Waals surface area contributed by atoms with Crippen LogP contribution >= 0.6 is 11.6 Å². The average molecular weight is 429 g/mol. The summed E-state index contributed by atoms with van der Waals surface area (Å²) in [6.07, 6.45) is 3.32. The van der Waals surface area contributed by atoms with Crippen molar-refractivity contribution in [1.82, 2.24) is 9.47 Å². The number of carbonyl (C=O) groups excluding carboxylic acids is 1. The third-order valence-corrected chi connectivity index (χ3v) is 6.20. The third-order valence-electron chi connectivity index (χ3n) is 5.91. The van der Waals surface area contributed by atoms with Gasteiger partial charge in [-0.15, -0.1) is 0 Å². The molecule has 3 heterocycles. The largest absolute Gasteiger partial charge is 0.372 e. The van der Waals surface area contributed by atoms with E-state index in [-0.39, 0.29) is 22.4 Å². The van der Waals surface area contributed by atoms with Crippen LogP contribution in [0.5, 0.6) is 0 Å². The van der Waals surface area contributed by atoms with E-state index in [1.807, 2.05) is 12.3 Å². The molecule has 5 rings (SSSR count). The molecule has 1 saturated heterocycles. The number of nitrogens with one attached hydrogen (secondary N) is 2. The molecule has 0 radical (unpaired) electrons. The number of hydrogen-bond acceptors (Lipinski definition) is 2. The van der Waals surface area contributed by atoms with Crippen LogP contribution < -0.4 is 10.6 Å². The number of amides is 2. The third kappa shape index (κ3) is 3.10. The second-order valence-electron chi connectivity index (χ2n) is 7.68. The van der Waals surface area contributed by atoms with Gasteiger partial charge < -0.3 is 20.1 Å². The summed E-state index contributed by atoms with van der Waals surface area (Å²) in [6.45, 7) is 1.03. The van der Waals surface area contributed by atoms with E-state index in [1.54, 1.807) is 11.0 Å². The predicted molar refractivity (Wildman–Crippen MR) is 112 cm³/mol. The zero-order valence-electron chi connectivity index (χ0n) is 16.0. The first-order valence-corrected chi connectivity index (χ1v) is 10.1. The summed E-state index contributed by atoms with van der Waals surface area (Å²) in [5, 5.41) is 6.27. The maximum absolute atomic E-state index is 13.8. The zero-order chi connectivity index (χ0) is 20.9. The Morgan fingerprint density at radius 3 is 2.67 bits per heavy atom. The Hall–Kier alpha value is -3.06. The molecule has 8 heteroatoms. The molecule has 3 aromatic rings. The van der Waals surface area contributed by atoms with Gasteiger partial charge in [-0.1, -0.05) is 11.6 Å². The molecule has 2 aliphatic rings. The van der Waals surface area contributed by atoms with E-state index < -0.39 is 5.82 Å². The maximum atomic E-state index is 13.8. The van der Waals surface area contributed by atoms with Crippen LogP contribution in [0.25, 0.3) is 5.69 Å². The quantitative estimate of drug-likeness (QED) is 0.548. The summed E-state index contributed by atoms with van der Waals surface area (Å²) in [5.41, 5.74) is 2.83. The van der Waals surface area contributed by atoms with Gasteiger partial charge in [0.25, 0.3) is 0 Å². The van der Waals surface area contributed by atoms with Gasteiger partial charge in [0.15, 0.2) is 0 Å². The van der Waals surface area contributed by atoms with Crippen molar-refractivity contribution in [2.45, 2.75) is 18.4 Å². The van der Waals surface area contributed by atoms with Crippen molar-refractivity contribution >= 4 is 29.0 Å². The molecule has 1 aromatic heterocycles. The van der Waals surface area contributed by atoms with Gasteiger partial charge in [-0.2, -0.15) is 0 Å². The first-order valence-electron chi connectivity index (χ1n) is 9.72. The fraction of sp³-hybridized carbons (Fsp3) is 0.227. The molecule has 0 aliphatic carbocycles. The van der Waals surface area contributed by atoms with E-state index in [0.717, 1.165) is 17.1 Å². The van der Waals surface area contributed by atoms with Gasteiger partial charge in [-0.3, -0.25) is 0 Å². The van der Waals surface area contributed by atoms with Gasteiger partial charge in [-0.25, -0.2) is 13.6 Å². The van der Waals surface area contributed by atoms with Gasteiger partial charge >= 0.3 is 6.03 Å². The molecule has 154 valence electrons. The van der Waals surface area contributed by atoms with E-state index in [4.69, 9.17) is 11.6 Å². The number of benzene rings is 2. The molecule has 30 heavy (non-hydrogen) atoms. The van der Waals surface area contributed by atoms with Gasteiger partial charge in [-0.05, 0) is 61.4 Å². The molecule has 0 unspecified atom stereocenters. The summed E-state index contributed by atoms with van der Waals surface area (Å²) < 4.78 is 29.3. The molecule has 0 bridgehead atoms. The summed E-state index contributed by atoms with van der Waals surface area (Å²) in [7, 11) is 0. The van der Waals surface area contributed by atoms with E-state index in [9.17, 15) is 13.6 Å². The van der Waals surface area contributed by atoms with Crippen LogP contribution in [-0.4, -0.2) is 28.6 Å². The standard InChI is InChI=1S/C22H19ClF2N4O/c23-16-13-15(4-5-17(16)25)26-21(30)28-10-7-22(8-11-28)20-2-1-9-29(20)19-6-3-14(24)12-18(19)27-22/h1-6,9,12-13,27H,7-8,10-11H2,(H,26,30). The number of carbonyl (C=O) groups is 1. The summed E-state index contributed by atoms with van der Waals surface area (Å²) in [5.74, 6) is -0.820. The first kappa shape index (κ1) is 18.9. The van der Waals surface area contributed by atoms with Crippen molar-refractivity contribution in [3.63, 3.8) is 0 Å². The van der Waals surface area contributed by atoms with Crippen molar-refractivity contribution in [2.24, 2.45) is 0 Å². The molecule has 2 N–H and O–H groups in total. The SMILES string of the molecule is O=C(Nc1ccc(F)c(Cl)c1)N1CCC2(CC1)Nc1cc(F)ccc1-n1cccc12. The molecular formula is C22H19ClF2N4O. The number of aromatic nitrogens is 1. The second kappa shape index (κ2) is 7.02. The number of rotatable bonds is 1. The minimum Gasteiger partial charge on any atom is -0.372 e. The summed E-state index contributed by atoms with van der Waals surface area (Å²) >= 11 is 5.79. The molecular weight excluding hydrogens is 410 g/mol. The minimum atomic E-state index is -0.530.